The Morgan fingerprint density at radius 1 is 1.32 bits per heavy atom. The third-order valence-electron chi connectivity index (χ3n) is 3.60. The molecule has 0 aromatic heterocycles. The maximum absolute atomic E-state index is 12.1. The standard InChI is InChI=1S/C14H22N2O2S/c1-14(8-5-9-15-11-14)12-16-19(17,18)10-13-6-3-2-4-7-13/h2-4,6-7,15-16H,5,8-12H2,1H3. The SMILES string of the molecule is CC1(CNS(=O)(=O)Cc2ccccc2)CCCNC1. The van der Waals surface area contributed by atoms with Crippen molar-refractivity contribution in [2.24, 2.45) is 5.41 Å². The molecule has 0 spiro atoms. The zero-order chi connectivity index (χ0) is 13.8. The van der Waals surface area contributed by atoms with Crippen molar-refractivity contribution in [3.63, 3.8) is 0 Å². The molecule has 0 radical (unpaired) electrons. The van der Waals surface area contributed by atoms with Crippen molar-refractivity contribution >= 4 is 10.0 Å². The van der Waals surface area contributed by atoms with Crippen LogP contribution in [0.25, 0.3) is 0 Å². The fraction of sp³-hybridized carbons (Fsp3) is 0.571. The highest BCUT2D eigenvalue weighted by Crippen LogP contribution is 2.24. The van der Waals surface area contributed by atoms with Crippen LogP contribution in [0.5, 0.6) is 0 Å². The lowest BCUT2D eigenvalue weighted by molar-refractivity contribution is 0.238. The summed E-state index contributed by atoms with van der Waals surface area (Å²) in [5.41, 5.74) is 0.851. The Morgan fingerprint density at radius 3 is 2.68 bits per heavy atom. The van der Waals surface area contributed by atoms with Gasteiger partial charge in [0.05, 0.1) is 5.75 Å². The maximum Gasteiger partial charge on any atom is 0.215 e. The lowest BCUT2D eigenvalue weighted by Crippen LogP contribution is -2.45. The van der Waals surface area contributed by atoms with E-state index in [1.165, 1.54) is 0 Å². The van der Waals surface area contributed by atoms with E-state index in [0.29, 0.717) is 6.54 Å². The molecule has 1 atom stereocenters. The topological polar surface area (TPSA) is 58.2 Å². The molecule has 0 bridgehead atoms. The van der Waals surface area contributed by atoms with Gasteiger partial charge in [0.25, 0.3) is 0 Å². The zero-order valence-electron chi connectivity index (χ0n) is 11.4. The van der Waals surface area contributed by atoms with Crippen LogP contribution in [0.1, 0.15) is 25.3 Å². The largest absolute Gasteiger partial charge is 0.316 e. The fourth-order valence-corrected chi connectivity index (χ4v) is 3.70. The third kappa shape index (κ3) is 4.60. The molecule has 1 aliphatic rings. The van der Waals surface area contributed by atoms with E-state index in [1.54, 1.807) is 0 Å². The molecule has 1 saturated heterocycles. The van der Waals surface area contributed by atoms with Gasteiger partial charge in [0, 0.05) is 13.1 Å². The van der Waals surface area contributed by atoms with Crippen molar-refractivity contribution < 1.29 is 8.42 Å². The van der Waals surface area contributed by atoms with E-state index in [9.17, 15) is 8.42 Å². The Balaban J connectivity index is 1.91. The Hall–Kier alpha value is -0.910. The summed E-state index contributed by atoms with van der Waals surface area (Å²) in [6.07, 6.45) is 2.17. The van der Waals surface area contributed by atoms with Crippen LogP contribution in [0.4, 0.5) is 0 Å². The average molecular weight is 282 g/mol. The van der Waals surface area contributed by atoms with Crippen molar-refractivity contribution in [1.29, 1.82) is 0 Å². The number of hydrogen-bond donors (Lipinski definition) is 2. The van der Waals surface area contributed by atoms with Crippen LogP contribution in [0.15, 0.2) is 30.3 Å². The first-order chi connectivity index (χ1) is 8.99. The molecule has 0 saturated carbocycles. The smallest absolute Gasteiger partial charge is 0.215 e. The summed E-state index contributed by atoms with van der Waals surface area (Å²) in [7, 11) is -3.25. The Kier molecular flexibility index (Phi) is 4.60. The highest BCUT2D eigenvalue weighted by molar-refractivity contribution is 7.88. The lowest BCUT2D eigenvalue weighted by Gasteiger charge is -2.34. The van der Waals surface area contributed by atoms with Crippen LogP contribution in [0.3, 0.4) is 0 Å². The van der Waals surface area contributed by atoms with Gasteiger partial charge in [-0.05, 0) is 30.4 Å². The average Bonchev–Trinajstić information content (AvgIpc) is 2.38. The number of rotatable bonds is 5. The van der Waals surface area contributed by atoms with Gasteiger partial charge >= 0.3 is 0 Å². The van der Waals surface area contributed by atoms with Gasteiger partial charge in [0.1, 0.15) is 0 Å². The van der Waals surface area contributed by atoms with Crippen LogP contribution < -0.4 is 10.0 Å². The van der Waals surface area contributed by atoms with Crippen molar-refractivity contribution in [3.05, 3.63) is 35.9 Å². The van der Waals surface area contributed by atoms with Crippen LogP contribution in [-0.2, 0) is 15.8 Å². The minimum atomic E-state index is -3.25. The molecular formula is C14H22N2O2S. The van der Waals surface area contributed by atoms with E-state index >= 15 is 0 Å². The first-order valence-corrected chi connectivity index (χ1v) is 8.36. The summed E-state index contributed by atoms with van der Waals surface area (Å²) >= 11 is 0. The zero-order valence-corrected chi connectivity index (χ0v) is 12.2. The number of sulfonamides is 1. The summed E-state index contributed by atoms with van der Waals surface area (Å²) in [4.78, 5) is 0. The minimum Gasteiger partial charge on any atom is -0.316 e. The van der Waals surface area contributed by atoms with Crippen LogP contribution >= 0.6 is 0 Å². The monoisotopic (exact) mass is 282 g/mol. The number of hydrogen-bond acceptors (Lipinski definition) is 3. The molecule has 1 aromatic carbocycles. The van der Waals surface area contributed by atoms with Gasteiger partial charge in [-0.3, -0.25) is 0 Å². The van der Waals surface area contributed by atoms with Gasteiger partial charge in [0.2, 0.25) is 10.0 Å². The van der Waals surface area contributed by atoms with Gasteiger partial charge < -0.3 is 5.32 Å². The summed E-state index contributed by atoms with van der Waals surface area (Å²) < 4.78 is 26.9. The van der Waals surface area contributed by atoms with Crippen LogP contribution in [0, 0.1) is 5.41 Å². The van der Waals surface area contributed by atoms with Crippen molar-refractivity contribution in [2.45, 2.75) is 25.5 Å². The maximum atomic E-state index is 12.1. The van der Waals surface area contributed by atoms with Gasteiger partial charge in [-0.15, -0.1) is 0 Å². The lowest BCUT2D eigenvalue weighted by atomic mass is 9.83. The molecule has 106 valence electrons. The van der Waals surface area contributed by atoms with E-state index in [4.69, 9.17) is 0 Å². The van der Waals surface area contributed by atoms with E-state index in [2.05, 4.69) is 17.0 Å². The summed E-state index contributed by atoms with van der Waals surface area (Å²) in [6.45, 7) is 4.55. The molecule has 19 heavy (non-hydrogen) atoms. The van der Waals surface area contributed by atoms with E-state index in [1.807, 2.05) is 30.3 Å². The molecule has 2 N–H and O–H groups in total. The highest BCUT2D eigenvalue weighted by atomic mass is 32.2. The molecular weight excluding hydrogens is 260 g/mol. The molecule has 1 heterocycles. The summed E-state index contributed by atoms with van der Waals surface area (Å²) in [5, 5.41) is 3.33. The molecule has 5 heteroatoms. The fourth-order valence-electron chi connectivity index (χ4n) is 2.40. The predicted molar refractivity (Wildman–Crippen MR) is 77.3 cm³/mol. The first kappa shape index (κ1) is 14.5. The molecule has 4 nitrogen and oxygen atoms in total. The second kappa shape index (κ2) is 6.03. The van der Waals surface area contributed by atoms with E-state index < -0.39 is 10.0 Å². The van der Waals surface area contributed by atoms with Crippen molar-refractivity contribution in [1.82, 2.24) is 10.0 Å². The van der Waals surface area contributed by atoms with Gasteiger partial charge in [-0.2, -0.15) is 0 Å². The number of nitrogens with one attached hydrogen (secondary N) is 2. The highest BCUT2D eigenvalue weighted by Gasteiger charge is 2.28. The van der Waals surface area contributed by atoms with Crippen molar-refractivity contribution in [2.75, 3.05) is 19.6 Å². The van der Waals surface area contributed by atoms with E-state index in [-0.39, 0.29) is 11.2 Å². The van der Waals surface area contributed by atoms with E-state index in [0.717, 1.165) is 31.5 Å². The molecule has 1 aromatic rings. The molecule has 2 rings (SSSR count). The normalized spacial score (nSPS) is 24.3. The second-order valence-corrected chi connectivity index (χ2v) is 7.46. The molecule has 0 amide bonds. The molecule has 1 unspecified atom stereocenters. The predicted octanol–water partition coefficient (Wildman–Crippen LogP) is 1.50. The Bertz CT molecular complexity index is 493. The van der Waals surface area contributed by atoms with Gasteiger partial charge in [0.15, 0.2) is 0 Å². The number of benzene rings is 1. The molecule has 1 aliphatic heterocycles. The van der Waals surface area contributed by atoms with Gasteiger partial charge in [-0.1, -0.05) is 37.3 Å². The second-order valence-electron chi connectivity index (χ2n) is 5.66. The first-order valence-electron chi connectivity index (χ1n) is 6.71. The Labute approximate surface area is 115 Å². The van der Waals surface area contributed by atoms with Crippen molar-refractivity contribution in [3.8, 4) is 0 Å². The quantitative estimate of drug-likeness (QED) is 0.860. The Morgan fingerprint density at radius 2 is 2.05 bits per heavy atom. The minimum absolute atomic E-state index is 0.0298. The summed E-state index contributed by atoms with van der Waals surface area (Å²) in [5.74, 6) is 0.0529. The molecule has 1 fully saturated rings. The van der Waals surface area contributed by atoms with Crippen LogP contribution in [0.2, 0.25) is 0 Å². The summed E-state index contributed by atoms with van der Waals surface area (Å²) in [6, 6.07) is 9.28. The third-order valence-corrected chi connectivity index (χ3v) is 4.90. The van der Waals surface area contributed by atoms with Crippen LogP contribution in [-0.4, -0.2) is 28.1 Å². The van der Waals surface area contributed by atoms with Gasteiger partial charge in [-0.25, -0.2) is 13.1 Å². The molecule has 0 aliphatic carbocycles. The number of piperidine rings is 1.